The number of halogens is 3. The second-order valence-corrected chi connectivity index (χ2v) is 10.4. The maximum absolute atomic E-state index is 13.7. The van der Waals surface area contributed by atoms with Crippen LogP contribution in [0.3, 0.4) is 0 Å². The Bertz CT molecular complexity index is 930. The van der Waals surface area contributed by atoms with Crippen molar-refractivity contribution < 1.29 is 18.3 Å². The molecule has 2 aromatic rings. The Balaban J connectivity index is 1.55. The van der Waals surface area contributed by atoms with Gasteiger partial charge in [-0.25, -0.2) is 15.0 Å². The molecular formula is C20H27F3N6OS2. The molecule has 0 radical (unpaired) electrons. The lowest BCUT2D eigenvalue weighted by atomic mass is 10.0. The average Bonchev–Trinajstić information content (AvgIpc) is 3.34. The van der Waals surface area contributed by atoms with Crippen molar-refractivity contribution in [2.24, 2.45) is 0 Å². The third-order valence-corrected chi connectivity index (χ3v) is 7.92. The summed E-state index contributed by atoms with van der Waals surface area (Å²) in [7, 11) is 0. The molecule has 2 atom stereocenters. The molecule has 1 aliphatic heterocycles. The molecule has 32 heavy (non-hydrogen) atoms. The number of alkyl halides is 3. The van der Waals surface area contributed by atoms with E-state index in [0.717, 1.165) is 56.3 Å². The number of piperidine rings is 1. The predicted molar refractivity (Wildman–Crippen MR) is 122 cm³/mol. The molecule has 0 bridgehead atoms. The third kappa shape index (κ3) is 5.29. The summed E-state index contributed by atoms with van der Waals surface area (Å²) in [6, 6.07) is -0.0652. The first kappa shape index (κ1) is 23.5. The average molecular weight is 489 g/mol. The van der Waals surface area contributed by atoms with E-state index in [1.807, 2.05) is 6.26 Å². The Morgan fingerprint density at radius 1 is 1.19 bits per heavy atom. The van der Waals surface area contributed by atoms with E-state index >= 15 is 0 Å². The first-order chi connectivity index (χ1) is 15.2. The fourth-order valence-electron chi connectivity index (χ4n) is 4.19. The van der Waals surface area contributed by atoms with E-state index in [1.165, 1.54) is 6.20 Å². The highest BCUT2D eigenvalue weighted by Gasteiger charge is 2.38. The van der Waals surface area contributed by atoms with Gasteiger partial charge in [0.25, 0.3) is 0 Å². The van der Waals surface area contributed by atoms with Crippen molar-refractivity contribution in [3.8, 4) is 10.6 Å². The fraction of sp³-hybridized carbons (Fsp3) is 0.650. The van der Waals surface area contributed by atoms with E-state index in [0.29, 0.717) is 16.4 Å². The molecule has 176 valence electrons. The van der Waals surface area contributed by atoms with Crippen LogP contribution in [0.4, 0.5) is 24.3 Å². The lowest BCUT2D eigenvalue weighted by Gasteiger charge is -2.30. The highest BCUT2D eigenvalue weighted by molar-refractivity contribution is 7.96. The molecule has 2 aliphatic rings. The van der Waals surface area contributed by atoms with Crippen molar-refractivity contribution in [3.63, 3.8) is 0 Å². The summed E-state index contributed by atoms with van der Waals surface area (Å²) in [6.07, 6.45) is 3.79. The zero-order chi connectivity index (χ0) is 22.9. The Hall–Kier alpha value is -1.63. The summed E-state index contributed by atoms with van der Waals surface area (Å²) >= 11 is 2.79. The Morgan fingerprint density at radius 3 is 2.56 bits per heavy atom. The first-order valence-electron chi connectivity index (χ1n) is 10.6. The van der Waals surface area contributed by atoms with Crippen LogP contribution < -0.4 is 10.6 Å². The molecule has 1 aliphatic carbocycles. The van der Waals surface area contributed by atoms with Crippen molar-refractivity contribution in [1.82, 2.24) is 19.3 Å². The summed E-state index contributed by atoms with van der Waals surface area (Å²) in [4.78, 5) is 12.8. The summed E-state index contributed by atoms with van der Waals surface area (Å²) in [5, 5.41) is 17.3. The van der Waals surface area contributed by atoms with Gasteiger partial charge >= 0.3 is 6.18 Å². The molecule has 12 heteroatoms. The van der Waals surface area contributed by atoms with Crippen molar-refractivity contribution in [1.29, 1.82) is 0 Å². The van der Waals surface area contributed by atoms with Gasteiger partial charge in [0.2, 0.25) is 5.95 Å². The zero-order valence-electron chi connectivity index (χ0n) is 17.9. The van der Waals surface area contributed by atoms with E-state index < -0.39 is 17.3 Å². The molecule has 0 unspecified atom stereocenters. The largest absolute Gasteiger partial charge is 0.420 e. The van der Waals surface area contributed by atoms with Crippen LogP contribution in [-0.4, -0.2) is 61.4 Å². The maximum atomic E-state index is 13.7. The number of nitrogens with one attached hydrogen (secondary N) is 2. The molecule has 0 aromatic carbocycles. The van der Waals surface area contributed by atoms with Crippen molar-refractivity contribution >= 4 is 34.4 Å². The fourth-order valence-corrected chi connectivity index (χ4v) is 5.64. The first-order valence-corrected chi connectivity index (χ1v) is 12.6. The number of hydrogen-bond donors (Lipinski definition) is 3. The van der Waals surface area contributed by atoms with Crippen LogP contribution in [0.1, 0.15) is 44.6 Å². The van der Waals surface area contributed by atoms with E-state index in [1.54, 1.807) is 18.9 Å². The van der Waals surface area contributed by atoms with E-state index in [-0.39, 0.29) is 23.7 Å². The van der Waals surface area contributed by atoms with Crippen molar-refractivity contribution in [2.45, 2.75) is 62.9 Å². The van der Waals surface area contributed by atoms with E-state index in [9.17, 15) is 18.3 Å². The van der Waals surface area contributed by atoms with Crippen LogP contribution in [0, 0.1) is 0 Å². The van der Waals surface area contributed by atoms with Crippen LogP contribution in [0.5, 0.6) is 0 Å². The predicted octanol–water partition coefficient (Wildman–Crippen LogP) is 4.49. The van der Waals surface area contributed by atoms with Gasteiger partial charge in [-0.1, -0.05) is 23.3 Å². The van der Waals surface area contributed by atoms with Gasteiger partial charge in [0.15, 0.2) is 5.13 Å². The van der Waals surface area contributed by atoms with Crippen molar-refractivity contribution in [3.05, 3.63) is 18.0 Å². The lowest BCUT2D eigenvalue weighted by Crippen LogP contribution is -2.39. The molecule has 3 heterocycles. The van der Waals surface area contributed by atoms with E-state index in [2.05, 4.69) is 29.9 Å². The molecule has 0 spiro atoms. The van der Waals surface area contributed by atoms with Gasteiger partial charge < -0.3 is 15.7 Å². The standard InChI is InChI=1S/C20H27F3N6OS2/c1-19(30)7-3-4-15(19)27-18-25-11-14(32-18)16-13(20(21,22)23)10-24-17(28-16)26-12-5-8-29(31-2)9-6-12/h10-12,15,30H,3-9H2,1-2H3,(H,25,27)(H,24,26,28)/t15-,19-/m1/s1. The molecule has 0 amide bonds. The van der Waals surface area contributed by atoms with Crippen LogP contribution in [-0.2, 0) is 6.18 Å². The third-order valence-electron chi connectivity index (χ3n) is 6.10. The second kappa shape index (κ2) is 9.32. The summed E-state index contributed by atoms with van der Waals surface area (Å²) in [5.41, 5.74) is -1.93. The quantitative estimate of drug-likeness (QED) is 0.513. The van der Waals surface area contributed by atoms with E-state index in [4.69, 9.17) is 0 Å². The highest BCUT2D eigenvalue weighted by Crippen LogP contribution is 2.40. The minimum atomic E-state index is -4.58. The van der Waals surface area contributed by atoms with Crippen LogP contribution in [0.15, 0.2) is 12.4 Å². The van der Waals surface area contributed by atoms with Gasteiger partial charge in [-0.15, -0.1) is 0 Å². The second-order valence-electron chi connectivity index (χ2n) is 8.46. The lowest BCUT2D eigenvalue weighted by molar-refractivity contribution is -0.137. The van der Waals surface area contributed by atoms with Crippen LogP contribution in [0.2, 0.25) is 0 Å². The Labute approximate surface area is 193 Å². The van der Waals surface area contributed by atoms with Gasteiger partial charge in [-0.2, -0.15) is 13.2 Å². The molecule has 1 saturated heterocycles. The number of anilines is 2. The van der Waals surface area contributed by atoms with Gasteiger partial charge in [-0.05, 0) is 45.3 Å². The van der Waals surface area contributed by atoms with Crippen molar-refractivity contribution in [2.75, 3.05) is 30.0 Å². The van der Waals surface area contributed by atoms with Gasteiger partial charge in [0.05, 0.1) is 22.2 Å². The normalized spacial score (nSPS) is 25.2. The number of aromatic nitrogens is 3. The summed E-state index contributed by atoms with van der Waals surface area (Å²) < 4.78 is 43.3. The van der Waals surface area contributed by atoms with Gasteiger partial charge in [0, 0.05) is 31.5 Å². The SMILES string of the molecule is CSN1CCC(Nc2ncc(C(F)(F)F)c(-c3cnc(N[C@@H]4CCC[C@@]4(C)O)s3)n2)CC1. The zero-order valence-corrected chi connectivity index (χ0v) is 19.6. The summed E-state index contributed by atoms with van der Waals surface area (Å²) in [6.45, 7) is 3.57. The Kier molecular flexibility index (Phi) is 6.85. The monoisotopic (exact) mass is 488 g/mol. The molecule has 2 aromatic heterocycles. The number of nitrogens with zero attached hydrogens (tertiary/aromatic N) is 4. The van der Waals surface area contributed by atoms with Gasteiger partial charge in [0.1, 0.15) is 5.56 Å². The molecule has 1 saturated carbocycles. The molecule has 4 rings (SSSR count). The summed E-state index contributed by atoms with van der Waals surface area (Å²) in [5.74, 6) is 0.192. The Morgan fingerprint density at radius 2 is 1.94 bits per heavy atom. The minimum absolute atomic E-state index is 0.117. The minimum Gasteiger partial charge on any atom is -0.388 e. The molecule has 7 nitrogen and oxygen atoms in total. The topological polar surface area (TPSA) is 86.2 Å². The molecule has 2 fully saturated rings. The molecule has 3 N–H and O–H groups in total. The molecular weight excluding hydrogens is 461 g/mol. The number of hydrogen-bond acceptors (Lipinski definition) is 9. The number of rotatable bonds is 6. The maximum Gasteiger partial charge on any atom is 0.420 e. The van der Waals surface area contributed by atoms with Gasteiger partial charge in [-0.3, -0.25) is 4.31 Å². The highest BCUT2D eigenvalue weighted by atomic mass is 32.2. The van der Waals surface area contributed by atoms with Crippen LogP contribution >= 0.6 is 23.3 Å². The van der Waals surface area contributed by atoms with Crippen LogP contribution in [0.25, 0.3) is 10.6 Å². The number of thiazole rings is 1. The number of aliphatic hydroxyl groups is 1. The smallest absolute Gasteiger partial charge is 0.388 e.